The molecule has 0 aliphatic heterocycles. The summed E-state index contributed by atoms with van der Waals surface area (Å²) in [4.78, 5) is 2.41. The van der Waals surface area contributed by atoms with Gasteiger partial charge in [-0.2, -0.15) is 0 Å². The topological polar surface area (TPSA) is 15.3 Å². The Hall–Kier alpha value is -0.520. The second kappa shape index (κ2) is 7.70. The zero-order valence-corrected chi connectivity index (χ0v) is 10.8. The van der Waals surface area contributed by atoms with Crippen LogP contribution < -0.4 is 5.32 Å². The Morgan fingerprint density at radius 3 is 2.81 bits per heavy atom. The quantitative estimate of drug-likeness (QED) is 0.475. The highest BCUT2D eigenvalue weighted by Crippen LogP contribution is 2.18. The lowest BCUT2D eigenvalue weighted by molar-refractivity contribution is 0.221. The highest BCUT2D eigenvalue weighted by atomic mass is 15.1. The van der Waals surface area contributed by atoms with E-state index in [0.717, 1.165) is 19.1 Å². The fourth-order valence-electron chi connectivity index (χ4n) is 2.03. The van der Waals surface area contributed by atoms with Gasteiger partial charge in [-0.05, 0) is 52.1 Å². The van der Waals surface area contributed by atoms with Crippen LogP contribution in [0.1, 0.15) is 46.0 Å². The van der Waals surface area contributed by atoms with Gasteiger partial charge in [0.15, 0.2) is 0 Å². The Balaban J connectivity index is 2.08. The monoisotopic (exact) mass is 222 g/mol. The molecule has 0 saturated heterocycles. The van der Waals surface area contributed by atoms with Crippen molar-refractivity contribution in [3.05, 3.63) is 0 Å². The summed E-state index contributed by atoms with van der Waals surface area (Å²) in [6.07, 6.45) is 11.9. The minimum Gasteiger partial charge on any atom is -0.314 e. The zero-order chi connectivity index (χ0) is 11.8. The highest BCUT2D eigenvalue weighted by Gasteiger charge is 2.19. The number of nitrogens with one attached hydrogen (secondary N) is 1. The van der Waals surface area contributed by atoms with Gasteiger partial charge in [-0.25, -0.2) is 0 Å². The molecule has 2 heteroatoms. The third-order valence-electron chi connectivity index (χ3n) is 3.24. The summed E-state index contributed by atoms with van der Waals surface area (Å²) in [6.45, 7) is 7.60. The van der Waals surface area contributed by atoms with Crippen molar-refractivity contribution in [3.8, 4) is 12.3 Å². The molecule has 0 aromatic carbocycles. The minimum atomic E-state index is 0.622. The molecule has 1 rings (SSSR count). The second-order valence-corrected chi connectivity index (χ2v) is 4.89. The van der Waals surface area contributed by atoms with Gasteiger partial charge in [0.2, 0.25) is 0 Å². The van der Waals surface area contributed by atoms with Crippen molar-refractivity contribution >= 4 is 0 Å². The van der Waals surface area contributed by atoms with Gasteiger partial charge in [0.25, 0.3) is 0 Å². The fraction of sp³-hybridized carbons (Fsp3) is 0.857. The van der Waals surface area contributed by atoms with Gasteiger partial charge >= 0.3 is 0 Å². The van der Waals surface area contributed by atoms with Crippen LogP contribution in [0.3, 0.4) is 0 Å². The van der Waals surface area contributed by atoms with Crippen LogP contribution in [-0.4, -0.2) is 36.6 Å². The van der Waals surface area contributed by atoms with E-state index < -0.39 is 0 Å². The predicted molar refractivity (Wildman–Crippen MR) is 70.4 cm³/mol. The van der Waals surface area contributed by atoms with E-state index in [0.29, 0.717) is 6.04 Å². The molecule has 0 heterocycles. The highest BCUT2D eigenvalue weighted by molar-refractivity contribution is 4.89. The summed E-state index contributed by atoms with van der Waals surface area (Å²) in [5.41, 5.74) is 0. The van der Waals surface area contributed by atoms with E-state index in [-0.39, 0.29) is 0 Å². The molecule has 0 bridgehead atoms. The molecular weight excluding hydrogens is 196 g/mol. The number of terminal acetylenes is 1. The first-order valence-electron chi connectivity index (χ1n) is 6.68. The van der Waals surface area contributed by atoms with Crippen LogP contribution in [0.5, 0.6) is 0 Å². The number of hydrogen-bond acceptors (Lipinski definition) is 2. The van der Waals surface area contributed by atoms with E-state index in [9.17, 15) is 0 Å². The Bertz CT molecular complexity index is 215. The summed E-state index contributed by atoms with van der Waals surface area (Å²) < 4.78 is 0. The maximum Gasteiger partial charge on any atom is 0.0601 e. The molecule has 2 nitrogen and oxygen atoms in total. The van der Waals surface area contributed by atoms with Gasteiger partial charge in [-0.15, -0.1) is 6.42 Å². The summed E-state index contributed by atoms with van der Waals surface area (Å²) in [6, 6.07) is 1.46. The van der Waals surface area contributed by atoms with Crippen molar-refractivity contribution < 1.29 is 0 Å². The van der Waals surface area contributed by atoms with Crippen LogP contribution in [0.15, 0.2) is 0 Å². The Morgan fingerprint density at radius 2 is 2.25 bits per heavy atom. The first-order valence-corrected chi connectivity index (χ1v) is 6.68. The molecule has 92 valence electrons. The SMILES string of the molecule is C#CCN(CCC)C(C)CCCNC1CC1. The Morgan fingerprint density at radius 1 is 1.50 bits per heavy atom. The van der Waals surface area contributed by atoms with Crippen molar-refractivity contribution in [3.63, 3.8) is 0 Å². The summed E-state index contributed by atoms with van der Waals surface area (Å²) in [7, 11) is 0. The molecule has 1 N–H and O–H groups in total. The first-order chi connectivity index (χ1) is 7.77. The molecule has 0 aromatic heterocycles. The van der Waals surface area contributed by atoms with Crippen molar-refractivity contribution in [1.82, 2.24) is 10.2 Å². The first kappa shape index (κ1) is 13.5. The lowest BCUT2D eigenvalue weighted by atomic mass is 10.1. The smallest absolute Gasteiger partial charge is 0.0601 e. The summed E-state index contributed by atoms with van der Waals surface area (Å²) in [5, 5.41) is 3.56. The van der Waals surface area contributed by atoms with Gasteiger partial charge in [0.05, 0.1) is 6.54 Å². The number of nitrogens with zero attached hydrogens (tertiary/aromatic N) is 1. The molecule has 1 aliphatic carbocycles. The average molecular weight is 222 g/mol. The van der Waals surface area contributed by atoms with Crippen LogP contribution >= 0.6 is 0 Å². The minimum absolute atomic E-state index is 0.622. The summed E-state index contributed by atoms with van der Waals surface area (Å²) in [5.74, 6) is 2.76. The van der Waals surface area contributed by atoms with Gasteiger partial charge < -0.3 is 5.32 Å². The van der Waals surface area contributed by atoms with Crippen molar-refractivity contribution in [1.29, 1.82) is 0 Å². The molecule has 1 saturated carbocycles. The standard InChI is InChI=1S/C14H26N2/c1-4-11-16(12-5-2)13(3)7-6-10-15-14-8-9-14/h1,13-15H,5-12H2,2-3H3. The molecule has 1 aliphatic rings. The predicted octanol–water partition coefficient (Wildman–Crippen LogP) is 2.25. The van der Waals surface area contributed by atoms with Gasteiger partial charge in [-0.1, -0.05) is 12.8 Å². The van der Waals surface area contributed by atoms with Crippen LogP contribution in [0.2, 0.25) is 0 Å². The molecule has 1 unspecified atom stereocenters. The van der Waals surface area contributed by atoms with Crippen LogP contribution in [0.4, 0.5) is 0 Å². The third-order valence-corrected chi connectivity index (χ3v) is 3.24. The van der Waals surface area contributed by atoms with E-state index in [4.69, 9.17) is 6.42 Å². The van der Waals surface area contributed by atoms with Gasteiger partial charge in [0.1, 0.15) is 0 Å². The van der Waals surface area contributed by atoms with Gasteiger partial charge in [0, 0.05) is 12.1 Å². The van der Waals surface area contributed by atoms with Crippen LogP contribution in [0.25, 0.3) is 0 Å². The number of rotatable bonds is 9. The second-order valence-electron chi connectivity index (χ2n) is 4.89. The number of hydrogen-bond donors (Lipinski definition) is 1. The maximum absolute atomic E-state index is 5.40. The maximum atomic E-state index is 5.40. The molecule has 0 radical (unpaired) electrons. The van der Waals surface area contributed by atoms with E-state index in [1.165, 1.54) is 38.6 Å². The van der Waals surface area contributed by atoms with E-state index >= 15 is 0 Å². The third kappa shape index (κ3) is 5.53. The zero-order valence-electron chi connectivity index (χ0n) is 10.8. The van der Waals surface area contributed by atoms with Crippen LogP contribution in [0, 0.1) is 12.3 Å². The molecule has 0 amide bonds. The Labute approximate surface area is 101 Å². The normalized spacial score (nSPS) is 17.4. The average Bonchev–Trinajstić information content (AvgIpc) is 3.07. The van der Waals surface area contributed by atoms with E-state index in [1.807, 2.05) is 0 Å². The van der Waals surface area contributed by atoms with Crippen molar-refractivity contribution in [2.45, 2.75) is 58.0 Å². The fourth-order valence-corrected chi connectivity index (χ4v) is 2.03. The lowest BCUT2D eigenvalue weighted by Gasteiger charge is -2.26. The van der Waals surface area contributed by atoms with Gasteiger partial charge in [-0.3, -0.25) is 4.90 Å². The molecule has 1 fully saturated rings. The van der Waals surface area contributed by atoms with E-state index in [1.54, 1.807) is 0 Å². The molecule has 0 aromatic rings. The largest absolute Gasteiger partial charge is 0.314 e. The molecule has 0 spiro atoms. The van der Waals surface area contributed by atoms with E-state index in [2.05, 4.69) is 30.0 Å². The van der Waals surface area contributed by atoms with Crippen molar-refractivity contribution in [2.24, 2.45) is 0 Å². The molecule has 1 atom stereocenters. The summed E-state index contributed by atoms with van der Waals surface area (Å²) >= 11 is 0. The lowest BCUT2D eigenvalue weighted by Crippen LogP contribution is -2.34. The van der Waals surface area contributed by atoms with Crippen molar-refractivity contribution in [2.75, 3.05) is 19.6 Å². The van der Waals surface area contributed by atoms with Crippen LogP contribution in [-0.2, 0) is 0 Å². The molecular formula is C14H26N2. The molecule has 16 heavy (non-hydrogen) atoms. The Kier molecular flexibility index (Phi) is 6.52.